The summed E-state index contributed by atoms with van der Waals surface area (Å²) >= 11 is 5.94. The maximum atomic E-state index is 13.0. The van der Waals surface area contributed by atoms with E-state index in [-0.39, 0.29) is 17.7 Å². The molecule has 1 aromatic carbocycles. The summed E-state index contributed by atoms with van der Waals surface area (Å²) in [6.45, 7) is 4.56. The number of carbonyl (C=O) groups is 1. The third kappa shape index (κ3) is 4.17. The van der Waals surface area contributed by atoms with Crippen molar-refractivity contribution in [3.63, 3.8) is 0 Å². The molecule has 1 amide bonds. The molecule has 0 saturated carbocycles. The van der Waals surface area contributed by atoms with Gasteiger partial charge in [-0.05, 0) is 63.4 Å². The van der Waals surface area contributed by atoms with Crippen molar-refractivity contribution in [1.29, 1.82) is 0 Å². The largest absolute Gasteiger partial charge is 0.342 e. The Morgan fingerprint density at radius 3 is 2.89 bits per heavy atom. The summed E-state index contributed by atoms with van der Waals surface area (Å²) in [4.78, 5) is 19.5. The number of halogens is 1. The Kier molecular flexibility index (Phi) is 5.45. The number of hydrogen-bond donors (Lipinski definition) is 1. The summed E-state index contributed by atoms with van der Waals surface area (Å²) in [6.07, 6.45) is 3.77. The van der Waals surface area contributed by atoms with Gasteiger partial charge < -0.3 is 14.7 Å². The first kappa shape index (κ1) is 18.4. The number of piperidine rings is 2. The molecule has 27 heavy (non-hydrogen) atoms. The molecule has 6 nitrogen and oxygen atoms in total. The predicted molar refractivity (Wildman–Crippen MR) is 103 cm³/mol. The van der Waals surface area contributed by atoms with Crippen molar-refractivity contribution in [3.05, 3.63) is 35.2 Å². The van der Waals surface area contributed by atoms with Gasteiger partial charge in [-0.1, -0.05) is 16.8 Å². The predicted octanol–water partition coefficient (Wildman–Crippen LogP) is 3.48. The minimum absolute atomic E-state index is 0.107. The Hall–Kier alpha value is -1.92. The molecule has 4 rings (SSSR count). The first-order valence-electron chi connectivity index (χ1n) is 9.72. The van der Waals surface area contributed by atoms with E-state index in [4.69, 9.17) is 16.1 Å². The number of hydrogen-bond acceptors (Lipinski definition) is 5. The first-order valence-corrected chi connectivity index (χ1v) is 10.1. The highest BCUT2D eigenvalue weighted by Gasteiger charge is 2.33. The Balaban J connectivity index is 1.44. The number of nitrogens with one attached hydrogen (secondary N) is 1. The van der Waals surface area contributed by atoms with Gasteiger partial charge in [0.1, 0.15) is 0 Å². The molecule has 1 N–H and O–H groups in total. The van der Waals surface area contributed by atoms with Gasteiger partial charge >= 0.3 is 0 Å². The number of rotatable bonds is 3. The minimum atomic E-state index is 0.107. The van der Waals surface area contributed by atoms with Crippen LogP contribution >= 0.6 is 11.6 Å². The van der Waals surface area contributed by atoms with E-state index in [0.717, 1.165) is 44.3 Å². The van der Waals surface area contributed by atoms with Crippen LogP contribution in [0.3, 0.4) is 0 Å². The van der Waals surface area contributed by atoms with Crippen molar-refractivity contribution in [2.75, 3.05) is 19.6 Å². The topological polar surface area (TPSA) is 71.3 Å². The van der Waals surface area contributed by atoms with Crippen molar-refractivity contribution in [3.8, 4) is 11.4 Å². The zero-order valence-electron chi connectivity index (χ0n) is 15.5. The monoisotopic (exact) mass is 388 g/mol. The second-order valence-electron chi connectivity index (χ2n) is 7.66. The fourth-order valence-electron chi connectivity index (χ4n) is 4.11. The molecule has 1 aromatic heterocycles. The molecule has 2 aliphatic heterocycles. The highest BCUT2D eigenvalue weighted by Crippen LogP contribution is 2.30. The molecular formula is C20H25ClN4O2. The van der Waals surface area contributed by atoms with Gasteiger partial charge in [-0.25, -0.2) is 0 Å². The summed E-state index contributed by atoms with van der Waals surface area (Å²) in [5.41, 5.74) is 0.877. The minimum Gasteiger partial charge on any atom is -0.342 e. The van der Waals surface area contributed by atoms with E-state index in [9.17, 15) is 4.79 Å². The molecule has 1 unspecified atom stereocenters. The SMILES string of the molecule is C[C@H]1C[C@@H](C(=O)N2CCCC(c3nc(-c4ccc(Cl)cc4)no3)C2)CCN1. The van der Waals surface area contributed by atoms with Gasteiger partial charge in [-0.2, -0.15) is 4.98 Å². The molecule has 0 radical (unpaired) electrons. The van der Waals surface area contributed by atoms with Crippen LogP contribution in [0.4, 0.5) is 0 Å². The normalized spacial score (nSPS) is 26.1. The quantitative estimate of drug-likeness (QED) is 0.871. The first-order chi connectivity index (χ1) is 13.1. The van der Waals surface area contributed by atoms with Crippen LogP contribution in [0, 0.1) is 5.92 Å². The number of benzene rings is 1. The van der Waals surface area contributed by atoms with Crippen LogP contribution in [0.25, 0.3) is 11.4 Å². The molecule has 2 fully saturated rings. The molecule has 0 bridgehead atoms. The zero-order valence-corrected chi connectivity index (χ0v) is 16.3. The molecule has 3 heterocycles. The molecule has 144 valence electrons. The van der Waals surface area contributed by atoms with Gasteiger partial charge in [0.2, 0.25) is 17.6 Å². The fourth-order valence-corrected chi connectivity index (χ4v) is 4.24. The third-order valence-corrected chi connectivity index (χ3v) is 5.85. The summed E-state index contributed by atoms with van der Waals surface area (Å²) in [7, 11) is 0. The van der Waals surface area contributed by atoms with E-state index < -0.39 is 0 Å². The molecule has 2 saturated heterocycles. The molecule has 0 aliphatic carbocycles. The average Bonchev–Trinajstić information content (AvgIpc) is 3.18. The van der Waals surface area contributed by atoms with E-state index in [2.05, 4.69) is 22.4 Å². The standard InChI is InChI=1S/C20H25ClN4O2/c1-13-11-15(8-9-22-13)20(26)25-10-2-3-16(12-25)19-23-18(24-27-19)14-4-6-17(21)7-5-14/h4-7,13,15-16,22H,2-3,8-12H2,1H3/t13-,15-,16?/m0/s1. The lowest BCUT2D eigenvalue weighted by Gasteiger charge is -2.36. The van der Waals surface area contributed by atoms with E-state index >= 15 is 0 Å². The van der Waals surface area contributed by atoms with Crippen LogP contribution in [-0.2, 0) is 4.79 Å². The van der Waals surface area contributed by atoms with Crippen molar-refractivity contribution in [2.24, 2.45) is 5.92 Å². The number of aromatic nitrogens is 2. The van der Waals surface area contributed by atoms with Crippen molar-refractivity contribution < 1.29 is 9.32 Å². The zero-order chi connectivity index (χ0) is 18.8. The molecule has 3 atom stereocenters. The second-order valence-corrected chi connectivity index (χ2v) is 8.10. The van der Waals surface area contributed by atoms with Crippen molar-refractivity contribution in [2.45, 2.75) is 44.6 Å². The fraction of sp³-hybridized carbons (Fsp3) is 0.550. The summed E-state index contributed by atoms with van der Waals surface area (Å²) in [5, 5.41) is 8.21. The Labute approximate surface area is 164 Å². The van der Waals surface area contributed by atoms with Crippen LogP contribution in [0.2, 0.25) is 5.02 Å². The third-order valence-electron chi connectivity index (χ3n) is 5.60. The summed E-state index contributed by atoms with van der Waals surface area (Å²) < 4.78 is 5.54. The Morgan fingerprint density at radius 1 is 1.30 bits per heavy atom. The second kappa shape index (κ2) is 7.98. The Bertz CT molecular complexity index is 792. The molecule has 2 aromatic rings. The Morgan fingerprint density at radius 2 is 2.11 bits per heavy atom. The highest BCUT2D eigenvalue weighted by atomic mass is 35.5. The molecule has 0 spiro atoms. The molecule has 2 aliphatic rings. The van der Waals surface area contributed by atoms with E-state index in [1.165, 1.54) is 0 Å². The smallest absolute Gasteiger partial charge is 0.231 e. The number of nitrogens with zero attached hydrogens (tertiary/aromatic N) is 3. The van der Waals surface area contributed by atoms with Crippen molar-refractivity contribution in [1.82, 2.24) is 20.4 Å². The van der Waals surface area contributed by atoms with Gasteiger partial charge in [0.05, 0.1) is 5.92 Å². The number of amides is 1. The van der Waals surface area contributed by atoms with E-state index in [1.807, 2.05) is 29.2 Å². The lowest BCUT2D eigenvalue weighted by molar-refractivity contribution is -0.138. The van der Waals surface area contributed by atoms with Gasteiger partial charge in [0.15, 0.2) is 0 Å². The van der Waals surface area contributed by atoms with Crippen LogP contribution < -0.4 is 5.32 Å². The average molecular weight is 389 g/mol. The van der Waals surface area contributed by atoms with Gasteiger partial charge in [-0.3, -0.25) is 4.79 Å². The van der Waals surface area contributed by atoms with Crippen LogP contribution in [0.1, 0.15) is 44.4 Å². The van der Waals surface area contributed by atoms with Gasteiger partial charge in [0, 0.05) is 35.6 Å². The summed E-state index contributed by atoms with van der Waals surface area (Å²) in [5.74, 6) is 1.71. The molecule has 7 heteroatoms. The summed E-state index contributed by atoms with van der Waals surface area (Å²) in [6, 6.07) is 7.80. The molecular weight excluding hydrogens is 364 g/mol. The van der Waals surface area contributed by atoms with Crippen LogP contribution in [0.15, 0.2) is 28.8 Å². The van der Waals surface area contributed by atoms with Crippen LogP contribution in [-0.4, -0.2) is 46.6 Å². The maximum absolute atomic E-state index is 13.0. The van der Waals surface area contributed by atoms with Gasteiger partial charge in [-0.15, -0.1) is 0 Å². The highest BCUT2D eigenvalue weighted by molar-refractivity contribution is 6.30. The maximum Gasteiger partial charge on any atom is 0.231 e. The van der Waals surface area contributed by atoms with Gasteiger partial charge in [0.25, 0.3) is 0 Å². The van der Waals surface area contributed by atoms with Crippen LogP contribution in [0.5, 0.6) is 0 Å². The number of carbonyl (C=O) groups excluding carboxylic acids is 1. The number of likely N-dealkylation sites (tertiary alicyclic amines) is 1. The van der Waals surface area contributed by atoms with E-state index in [1.54, 1.807) is 0 Å². The lowest BCUT2D eigenvalue weighted by Crippen LogP contribution is -2.47. The lowest BCUT2D eigenvalue weighted by atomic mass is 9.90. The van der Waals surface area contributed by atoms with Crippen molar-refractivity contribution >= 4 is 17.5 Å². The van der Waals surface area contributed by atoms with E-state index in [0.29, 0.717) is 29.3 Å².